The fraction of sp³-hybridized carbons (Fsp3) is 0.650. The summed E-state index contributed by atoms with van der Waals surface area (Å²) in [6.45, 7) is 1.39. The second-order valence-corrected chi connectivity index (χ2v) is 8.56. The summed E-state index contributed by atoms with van der Waals surface area (Å²) in [7, 11) is 1.70. The molecule has 130 valence electrons. The molecular weight excluding hydrogens is 316 g/mol. The van der Waals surface area contributed by atoms with Gasteiger partial charge in [-0.2, -0.15) is 0 Å². The van der Waals surface area contributed by atoms with Gasteiger partial charge in [0.05, 0.1) is 6.61 Å². The van der Waals surface area contributed by atoms with Gasteiger partial charge in [0, 0.05) is 19.3 Å². The summed E-state index contributed by atoms with van der Waals surface area (Å²) in [5.74, 6) is 2.98. The van der Waals surface area contributed by atoms with Gasteiger partial charge in [-0.05, 0) is 91.6 Å². The highest BCUT2D eigenvalue weighted by Gasteiger charge is 2.51. The van der Waals surface area contributed by atoms with Gasteiger partial charge in [0.15, 0.2) is 5.11 Å². The van der Waals surface area contributed by atoms with Crippen molar-refractivity contribution in [2.75, 3.05) is 25.6 Å². The third-order valence-electron chi connectivity index (χ3n) is 6.39. The summed E-state index contributed by atoms with van der Waals surface area (Å²) in [6, 6.07) is 9.07. The summed E-state index contributed by atoms with van der Waals surface area (Å²) >= 11 is 5.32. The molecule has 4 aliphatic carbocycles. The first kappa shape index (κ1) is 16.3. The second-order valence-electron chi connectivity index (χ2n) is 8.15. The molecule has 24 heavy (non-hydrogen) atoms. The maximum atomic E-state index is 5.32. The monoisotopic (exact) mass is 344 g/mol. The van der Waals surface area contributed by atoms with Crippen LogP contribution >= 0.6 is 12.2 Å². The van der Waals surface area contributed by atoms with Crippen molar-refractivity contribution in [3.05, 3.63) is 29.8 Å². The second kappa shape index (κ2) is 6.64. The zero-order chi connectivity index (χ0) is 16.6. The van der Waals surface area contributed by atoms with Gasteiger partial charge in [-0.25, -0.2) is 0 Å². The van der Waals surface area contributed by atoms with Gasteiger partial charge in [-0.3, -0.25) is 0 Å². The van der Waals surface area contributed by atoms with Gasteiger partial charge in [0.1, 0.15) is 0 Å². The largest absolute Gasteiger partial charge is 0.383 e. The van der Waals surface area contributed by atoms with Crippen LogP contribution in [0.15, 0.2) is 24.3 Å². The number of rotatable bonds is 5. The Labute approximate surface area is 150 Å². The van der Waals surface area contributed by atoms with Crippen molar-refractivity contribution in [2.45, 2.75) is 43.9 Å². The van der Waals surface area contributed by atoms with E-state index in [0.29, 0.717) is 17.1 Å². The molecule has 5 rings (SSSR count). The predicted molar refractivity (Wildman–Crippen MR) is 102 cm³/mol. The molecule has 1 aromatic rings. The lowest BCUT2D eigenvalue weighted by Crippen LogP contribution is -2.48. The number of hydrogen-bond acceptors (Lipinski definition) is 2. The van der Waals surface area contributed by atoms with Crippen molar-refractivity contribution in [1.29, 1.82) is 0 Å². The molecule has 0 aromatic heterocycles. The molecule has 4 heteroatoms. The summed E-state index contributed by atoms with van der Waals surface area (Å²) < 4.78 is 5.03. The number of benzene rings is 1. The molecule has 0 unspecified atom stereocenters. The standard InChI is InChI=1S/C20H28N2OS/c1-23-7-6-21-19(24)22-18-4-2-17(3-5-18)20-11-14-8-15(12-20)10-16(9-14)13-20/h2-5,14-16H,6-13H2,1H3,(H2,21,22,24). The van der Waals surface area contributed by atoms with Crippen LogP contribution in [-0.4, -0.2) is 25.4 Å². The minimum Gasteiger partial charge on any atom is -0.383 e. The maximum Gasteiger partial charge on any atom is 0.170 e. The van der Waals surface area contributed by atoms with Crippen molar-refractivity contribution < 1.29 is 4.74 Å². The zero-order valence-electron chi connectivity index (χ0n) is 14.5. The van der Waals surface area contributed by atoms with E-state index in [1.807, 2.05) is 0 Å². The molecule has 0 spiro atoms. The molecule has 0 amide bonds. The normalized spacial score (nSPS) is 33.5. The van der Waals surface area contributed by atoms with E-state index in [1.54, 1.807) is 12.7 Å². The summed E-state index contributed by atoms with van der Waals surface area (Å²) in [5.41, 5.74) is 3.11. The maximum absolute atomic E-state index is 5.32. The van der Waals surface area contributed by atoms with Crippen LogP contribution in [0.2, 0.25) is 0 Å². The van der Waals surface area contributed by atoms with Crippen LogP contribution in [0.3, 0.4) is 0 Å². The quantitative estimate of drug-likeness (QED) is 0.623. The van der Waals surface area contributed by atoms with E-state index in [0.717, 1.165) is 30.0 Å². The number of anilines is 1. The van der Waals surface area contributed by atoms with Crippen LogP contribution in [0.25, 0.3) is 0 Å². The molecule has 0 aliphatic heterocycles. The summed E-state index contributed by atoms with van der Waals surface area (Å²) in [4.78, 5) is 0. The van der Waals surface area contributed by atoms with E-state index in [1.165, 1.54) is 38.5 Å². The third kappa shape index (κ3) is 3.18. The molecule has 3 nitrogen and oxygen atoms in total. The van der Waals surface area contributed by atoms with Crippen molar-refractivity contribution in [1.82, 2.24) is 5.32 Å². The molecule has 1 aromatic carbocycles. The number of thiocarbonyl (C=S) groups is 1. The minimum absolute atomic E-state index is 0.477. The predicted octanol–water partition coefficient (Wildman–Crippen LogP) is 4.09. The average Bonchev–Trinajstić information content (AvgIpc) is 2.54. The Balaban J connectivity index is 1.42. The lowest BCUT2D eigenvalue weighted by Gasteiger charge is -2.57. The average molecular weight is 345 g/mol. The minimum atomic E-state index is 0.477. The van der Waals surface area contributed by atoms with Crippen LogP contribution in [0.1, 0.15) is 44.1 Å². The fourth-order valence-corrected chi connectivity index (χ4v) is 6.03. The first-order valence-electron chi connectivity index (χ1n) is 9.31. The number of hydrogen-bond donors (Lipinski definition) is 2. The highest BCUT2D eigenvalue weighted by molar-refractivity contribution is 7.80. The van der Waals surface area contributed by atoms with Crippen molar-refractivity contribution in [3.63, 3.8) is 0 Å². The number of nitrogens with one attached hydrogen (secondary N) is 2. The topological polar surface area (TPSA) is 33.3 Å². The SMILES string of the molecule is COCCNC(=S)Nc1ccc(C23CC4CC(CC(C4)C2)C3)cc1. The summed E-state index contributed by atoms with van der Waals surface area (Å²) in [6.07, 6.45) is 8.76. The van der Waals surface area contributed by atoms with E-state index in [2.05, 4.69) is 34.9 Å². The zero-order valence-corrected chi connectivity index (χ0v) is 15.3. The lowest BCUT2D eigenvalue weighted by molar-refractivity contribution is -0.00518. The molecule has 4 saturated carbocycles. The first-order chi connectivity index (χ1) is 11.7. The van der Waals surface area contributed by atoms with Crippen LogP contribution in [0.5, 0.6) is 0 Å². The van der Waals surface area contributed by atoms with E-state index in [9.17, 15) is 0 Å². The van der Waals surface area contributed by atoms with E-state index in [4.69, 9.17) is 17.0 Å². The molecule has 2 N–H and O–H groups in total. The van der Waals surface area contributed by atoms with Gasteiger partial charge in [0.2, 0.25) is 0 Å². The first-order valence-corrected chi connectivity index (χ1v) is 9.72. The highest BCUT2D eigenvalue weighted by Crippen LogP contribution is 2.60. The molecule has 4 bridgehead atoms. The Morgan fingerprint density at radius 1 is 1.08 bits per heavy atom. The van der Waals surface area contributed by atoms with Gasteiger partial charge in [0.25, 0.3) is 0 Å². The Bertz CT molecular complexity index is 563. The van der Waals surface area contributed by atoms with Gasteiger partial charge < -0.3 is 15.4 Å². The molecule has 0 radical (unpaired) electrons. The van der Waals surface area contributed by atoms with E-state index >= 15 is 0 Å². The fourth-order valence-electron chi connectivity index (χ4n) is 5.81. The number of methoxy groups -OCH3 is 1. The smallest absolute Gasteiger partial charge is 0.170 e. The van der Waals surface area contributed by atoms with Gasteiger partial charge >= 0.3 is 0 Å². The Morgan fingerprint density at radius 2 is 1.67 bits per heavy atom. The Kier molecular flexibility index (Phi) is 4.52. The van der Waals surface area contributed by atoms with Crippen LogP contribution in [0.4, 0.5) is 5.69 Å². The highest BCUT2D eigenvalue weighted by atomic mass is 32.1. The molecule has 4 aliphatic rings. The van der Waals surface area contributed by atoms with E-state index in [-0.39, 0.29) is 0 Å². The van der Waals surface area contributed by atoms with Crippen molar-refractivity contribution in [3.8, 4) is 0 Å². The lowest BCUT2D eigenvalue weighted by atomic mass is 9.48. The van der Waals surface area contributed by atoms with Crippen molar-refractivity contribution >= 4 is 23.0 Å². The van der Waals surface area contributed by atoms with Gasteiger partial charge in [-0.15, -0.1) is 0 Å². The molecular formula is C20H28N2OS. The Hall–Kier alpha value is -1.13. The summed E-state index contributed by atoms with van der Waals surface area (Å²) in [5, 5.41) is 7.08. The van der Waals surface area contributed by atoms with Crippen LogP contribution in [-0.2, 0) is 10.2 Å². The van der Waals surface area contributed by atoms with E-state index < -0.39 is 0 Å². The molecule has 0 saturated heterocycles. The van der Waals surface area contributed by atoms with Gasteiger partial charge in [-0.1, -0.05) is 12.1 Å². The van der Waals surface area contributed by atoms with Crippen molar-refractivity contribution in [2.24, 2.45) is 17.8 Å². The van der Waals surface area contributed by atoms with Crippen LogP contribution < -0.4 is 10.6 Å². The molecule has 4 fully saturated rings. The number of ether oxygens (including phenoxy) is 1. The Morgan fingerprint density at radius 3 is 2.21 bits per heavy atom. The molecule has 0 atom stereocenters. The van der Waals surface area contributed by atoms with Crippen LogP contribution in [0, 0.1) is 17.8 Å². The third-order valence-corrected chi connectivity index (χ3v) is 6.63. The molecule has 0 heterocycles.